The predicted molar refractivity (Wildman–Crippen MR) is 97.8 cm³/mol. The van der Waals surface area contributed by atoms with Crippen LogP contribution in [0.1, 0.15) is 26.5 Å². The van der Waals surface area contributed by atoms with E-state index in [1.165, 1.54) is 24.5 Å². The SMILES string of the molecule is Cc1cc(NC(=O)c2cncc(C(=O)Nc3ccc(Cl)cc3Cl)c2)no1. The fourth-order valence-electron chi connectivity index (χ4n) is 2.09. The average molecular weight is 391 g/mol. The van der Waals surface area contributed by atoms with Crippen LogP contribution in [0.15, 0.2) is 47.2 Å². The molecular weight excluding hydrogens is 379 g/mol. The largest absolute Gasteiger partial charge is 0.360 e. The van der Waals surface area contributed by atoms with Gasteiger partial charge in [-0.25, -0.2) is 0 Å². The van der Waals surface area contributed by atoms with E-state index in [0.717, 1.165) is 0 Å². The van der Waals surface area contributed by atoms with E-state index in [0.29, 0.717) is 21.5 Å². The van der Waals surface area contributed by atoms with Crippen LogP contribution >= 0.6 is 23.2 Å². The Balaban J connectivity index is 1.75. The molecule has 0 aliphatic heterocycles. The van der Waals surface area contributed by atoms with Gasteiger partial charge in [0, 0.05) is 23.5 Å². The summed E-state index contributed by atoms with van der Waals surface area (Å²) >= 11 is 11.9. The number of aryl methyl sites for hydroxylation is 1. The number of pyridine rings is 1. The second-order valence-electron chi connectivity index (χ2n) is 5.32. The lowest BCUT2D eigenvalue weighted by Crippen LogP contribution is -2.16. The monoisotopic (exact) mass is 390 g/mol. The highest BCUT2D eigenvalue weighted by Crippen LogP contribution is 2.25. The third-order valence-corrected chi connectivity index (χ3v) is 3.86. The molecule has 0 spiro atoms. The van der Waals surface area contributed by atoms with Gasteiger partial charge in [-0.1, -0.05) is 28.4 Å². The van der Waals surface area contributed by atoms with Gasteiger partial charge >= 0.3 is 0 Å². The number of rotatable bonds is 4. The minimum absolute atomic E-state index is 0.194. The summed E-state index contributed by atoms with van der Waals surface area (Å²) in [5, 5.41) is 9.64. The zero-order chi connectivity index (χ0) is 18.7. The van der Waals surface area contributed by atoms with Gasteiger partial charge in [0.05, 0.1) is 21.8 Å². The fraction of sp³-hybridized carbons (Fsp3) is 0.0588. The molecule has 7 nitrogen and oxygen atoms in total. The lowest BCUT2D eigenvalue weighted by atomic mass is 10.2. The molecule has 3 rings (SSSR count). The predicted octanol–water partition coefficient (Wildman–Crippen LogP) is 4.19. The number of hydrogen-bond donors (Lipinski definition) is 2. The topological polar surface area (TPSA) is 97.1 Å². The van der Waals surface area contributed by atoms with E-state index in [2.05, 4.69) is 20.8 Å². The van der Waals surface area contributed by atoms with Crippen LogP contribution in [0.5, 0.6) is 0 Å². The number of amides is 2. The van der Waals surface area contributed by atoms with Crippen molar-refractivity contribution in [1.29, 1.82) is 0 Å². The number of carbonyl (C=O) groups excluding carboxylic acids is 2. The molecule has 1 aromatic carbocycles. The summed E-state index contributed by atoms with van der Waals surface area (Å²) < 4.78 is 4.88. The Kier molecular flexibility index (Phi) is 5.20. The van der Waals surface area contributed by atoms with E-state index >= 15 is 0 Å². The van der Waals surface area contributed by atoms with Crippen molar-refractivity contribution in [3.05, 3.63) is 69.7 Å². The molecule has 0 aliphatic rings. The smallest absolute Gasteiger partial charge is 0.258 e. The maximum Gasteiger partial charge on any atom is 0.258 e. The van der Waals surface area contributed by atoms with E-state index in [4.69, 9.17) is 27.7 Å². The number of halogens is 2. The number of nitrogens with one attached hydrogen (secondary N) is 2. The Hall–Kier alpha value is -2.90. The van der Waals surface area contributed by atoms with Crippen LogP contribution in [0, 0.1) is 6.92 Å². The summed E-state index contributed by atoms with van der Waals surface area (Å²) in [6, 6.07) is 7.68. The molecule has 3 aromatic rings. The van der Waals surface area contributed by atoms with Gasteiger partial charge in [-0.15, -0.1) is 0 Å². The van der Waals surface area contributed by atoms with Gasteiger partial charge < -0.3 is 15.2 Å². The van der Waals surface area contributed by atoms with E-state index in [-0.39, 0.29) is 16.9 Å². The summed E-state index contributed by atoms with van der Waals surface area (Å²) in [5.74, 6) is -0.0969. The van der Waals surface area contributed by atoms with Gasteiger partial charge in [-0.2, -0.15) is 0 Å². The maximum atomic E-state index is 12.4. The molecule has 132 valence electrons. The van der Waals surface area contributed by atoms with Crippen molar-refractivity contribution in [1.82, 2.24) is 10.1 Å². The van der Waals surface area contributed by atoms with Gasteiger partial charge in [-0.3, -0.25) is 14.6 Å². The molecule has 0 saturated heterocycles. The molecule has 0 saturated carbocycles. The van der Waals surface area contributed by atoms with Crippen LogP contribution in [-0.4, -0.2) is 22.0 Å². The van der Waals surface area contributed by atoms with Crippen LogP contribution in [-0.2, 0) is 0 Å². The number of anilines is 2. The van der Waals surface area contributed by atoms with Crippen molar-refractivity contribution >= 4 is 46.5 Å². The summed E-state index contributed by atoms with van der Waals surface area (Å²) in [6.07, 6.45) is 2.69. The Morgan fingerprint density at radius 2 is 1.69 bits per heavy atom. The van der Waals surface area contributed by atoms with Crippen LogP contribution in [0.25, 0.3) is 0 Å². The summed E-state index contributed by atoms with van der Waals surface area (Å²) in [6.45, 7) is 1.71. The third kappa shape index (κ3) is 4.19. The molecule has 0 bridgehead atoms. The second-order valence-corrected chi connectivity index (χ2v) is 6.16. The van der Waals surface area contributed by atoms with Crippen molar-refractivity contribution in [2.75, 3.05) is 10.6 Å². The van der Waals surface area contributed by atoms with E-state index < -0.39 is 11.8 Å². The van der Waals surface area contributed by atoms with Crippen molar-refractivity contribution in [2.24, 2.45) is 0 Å². The Morgan fingerprint density at radius 1 is 1.00 bits per heavy atom. The highest BCUT2D eigenvalue weighted by Gasteiger charge is 2.14. The number of hydrogen-bond acceptors (Lipinski definition) is 5. The molecule has 0 radical (unpaired) electrons. The van der Waals surface area contributed by atoms with Crippen molar-refractivity contribution in [3.8, 4) is 0 Å². The average Bonchev–Trinajstić information content (AvgIpc) is 3.02. The van der Waals surface area contributed by atoms with Crippen molar-refractivity contribution in [2.45, 2.75) is 6.92 Å². The molecular formula is C17H12Cl2N4O3. The van der Waals surface area contributed by atoms with Crippen LogP contribution in [0.4, 0.5) is 11.5 Å². The first kappa shape index (κ1) is 17.9. The molecule has 9 heteroatoms. The first-order valence-corrected chi connectivity index (χ1v) is 8.14. The van der Waals surface area contributed by atoms with E-state index in [1.807, 2.05) is 0 Å². The standard InChI is InChI=1S/C17H12Cl2N4O3/c1-9-4-15(23-26-9)22-17(25)11-5-10(7-20-8-11)16(24)21-14-3-2-12(18)6-13(14)19/h2-8H,1H3,(H,21,24)(H,22,23,25). The van der Waals surface area contributed by atoms with E-state index in [1.54, 1.807) is 25.1 Å². The number of nitrogens with zero attached hydrogens (tertiary/aromatic N) is 2. The number of carbonyl (C=O) groups is 2. The highest BCUT2D eigenvalue weighted by atomic mass is 35.5. The summed E-state index contributed by atoms with van der Waals surface area (Å²) in [7, 11) is 0. The van der Waals surface area contributed by atoms with Gasteiger partial charge in [-0.05, 0) is 31.2 Å². The number of aromatic nitrogens is 2. The lowest BCUT2D eigenvalue weighted by Gasteiger charge is -2.08. The maximum absolute atomic E-state index is 12.4. The van der Waals surface area contributed by atoms with Gasteiger partial charge in [0.1, 0.15) is 5.76 Å². The van der Waals surface area contributed by atoms with Gasteiger partial charge in [0.25, 0.3) is 11.8 Å². The number of benzene rings is 1. The van der Waals surface area contributed by atoms with Crippen molar-refractivity contribution in [3.63, 3.8) is 0 Å². The minimum Gasteiger partial charge on any atom is -0.360 e. The molecule has 0 atom stereocenters. The third-order valence-electron chi connectivity index (χ3n) is 3.31. The molecule has 2 heterocycles. The van der Waals surface area contributed by atoms with Crippen LogP contribution in [0.3, 0.4) is 0 Å². The van der Waals surface area contributed by atoms with Crippen molar-refractivity contribution < 1.29 is 14.1 Å². The molecule has 2 aromatic heterocycles. The van der Waals surface area contributed by atoms with Gasteiger partial charge in [0.2, 0.25) is 0 Å². The lowest BCUT2D eigenvalue weighted by molar-refractivity contribution is 0.102. The van der Waals surface area contributed by atoms with Crippen LogP contribution < -0.4 is 10.6 Å². The zero-order valence-corrected chi connectivity index (χ0v) is 14.9. The Bertz CT molecular complexity index is 988. The first-order chi connectivity index (χ1) is 12.4. The minimum atomic E-state index is -0.468. The molecule has 26 heavy (non-hydrogen) atoms. The summed E-state index contributed by atoms with van der Waals surface area (Å²) in [5.41, 5.74) is 0.787. The molecule has 2 N–H and O–H groups in total. The van der Waals surface area contributed by atoms with Gasteiger partial charge in [0.15, 0.2) is 5.82 Å². The Labute approximate surface area is 158 Å². The second kappa shape index (κ2) is 7.55. The normalized spacial score (nSPS) is 10.4. The molecule has 0 aliphatic carbocycles. The Morgan fingerprint density at radius 3 is 2.31 bits per heavy atom. The van der Waals surface area contributed by atoms with Crippen LogP contribution in [0.2, 0.25) is 10.0 Å². The molecule has 0 unspecified atom stereocenters. The first-order valence-electron chi connectivity index (χ1n) is 7.38. The summed E-state index contributed by atoms with van der Waals surface area (Å²) in [4.78, 5) is 28.6. The highest BCUT2D eigenvalue weighted by molar-refractivity contribution is 6.36. The van der Waals surface area contributed by atoms with E-state index in [9.17, 15) is 9.59 Å². The quantitative estimate of drug-likeness (QED) is 0.695. The molecule has 0 fully saturated rings. The fourth-order valence-corrected chi connectivity index (χ4v) is 2.54. The molecule has 2 amide bonds. The zero-order valence-electron chi connectivity index (χ0n) is 13.4.